The van der Waals surface area contributed by atoms with Gasteiger partial charge in [0.15, 0.2) is 0 Å². The van der Waals surface area contributed by atoms with Crippen molar-refractivity contribution in [2.45, 2.75) is 38.4 Å². The molecule has 1 aromatic carbocycles. The van der Waals surface area contributed by atoms with E-state index in [4.69, 9.17) is 5.73 Å². The van der Waals surface area contributed by atoms with Gasteiger partial charge in [-0.3, -0.25) is 9.58 Å². The highest BCUT2D eigenvalue weighted by Crippen LogP contribution is 2.28. The van der Waals surface area contributed by atoms with Crippen molar-refractivity contribution in [1.82, 2.24) is 14.7 Å². The smallest absolute Gasteiger partial charge is 0.145 e. The van der Waals surface area contributed by atoms with Crippen LogP contribution in [0.2, 0.25) is 0 Å². The molecule has 0 unspecified atom stereocenters. The Balaban J connectivity index is 1.50. The second kappa shape index (κ2) is 6.09. The minimum Gasteiger partial charge on any atom is -0.382 e. The van der Waals surface area contributed by atoms with Gasteiger partial charge in [0.2, 0.25) is 0 Å². The van der Waals surface area contributed by atoms with Crippen LogP contribution in [0.5, 0.6) is 0 Å². The summed E-state index contributed by atoms with van der Waals surface area (Å²) in [5.74, 6) is 0.605. The Morgan fingerprint density at radius 1 is 1.20 bits per heavy atom. The van der Waals surface area contributed by atoms with Gasteiger partial charge in [-0.15, -0.1) is 0 Å². The molecule has 0 aliphatic heterocycles. The van der Waals surface area contributed by atoms with Crippen LogP contribution in [0.4, 0.5) is 5.82 Å². The van der Waals surface area contributed by atoms with Crippen LogP contribution in [0.15, 0.2) is 42.6 Å². The van der Waals surface area contributed by atoms with E-state index < -0.39 is 0 Å². The third-order valence-corrected chi connectivity index (χ3v) is 3.79. The molecule has 0 bridgehead atoms. The van der Waals surface area contributed by atoms with Gasteiger partial charge in [-0.05, 0) is 30.9 Å². The van der Waals surface area contributed by atoms with Crippen LogP contribution in [0.25, 0.3) is 0 Å². The van der Waals surface area contributed by atoms with Crippen molar-refractivity contribution in [3.05, 3.63) is 48.2 Å². The summed E-state index contributed by atoms with van der Waals surface area (Å²) in [6, 6.07) is 13.4. The van der Waals surface area contributed by atoms with E-state index >= 15 is 0 Å². The minimum atomic E-state index is 0.605. The summed E-state index contributed by atoms with van der Waals surface area (Å²) in [7, 11) is 0. The second-order valence-electron chi connectivity index (χ2n) is 5.54. The highest BCUT2D eigenvalue weighted by atomic mass is 15.3. The highest BCUT2D eigenvalue weighted by Gasteiger charge is 2.28. The quantitative estimate of drug-likeness (QED) is 0.841. The first kappa shape index (κ1) is 13.2. The summed E-state index contributed by atoms with van der Waals surface area (Å²) >= 11 is 0. The van der Waals surface area contributed by atoms with Crippen molar-refractivity contribution in [2.24, 2.45) is 0 Å². The molecule has 0 saturated heterocycles. The zero-order valence-corrected chi connectivity index (χ0v) is 11.8. The Morgan fingerprint density at radius 3 is 2.65 bits per heavy atom. The minimum absolute atomic E-state index is 0.605. The molecule has 4 heteroatoms. The van der Waals surface area contributed by atoms with Crippen molar-refractivity contribution in [1.29, 1.82) is 0 Å². The Bertz CT molecular complexity index is 530. The standard InChI is InChI=1S/C16H22N4/c17-16-9-12-20(18-16)11-4-10-19(15-7-8-15)13-14-5-2-1-3-6-14/h1-3,5-6,9,12,15H,4,7-8,10-11,13H2,(H2,17,18). The molecule has 3 rings (SSSR count). The Labute approximate surface area is 120 Å². The monoisotopic (exact) mass is 270 g/mol. The molecule has 2 N–H and O–H groups in total. The van der Waals surface area contributed by atoms with Crippen LogP contribution >= 0.6 is 0 Å². The molecule has 106 valence electrons. The van der Waals surface area contributed by atoms with Gasteiger partial charge >= 0.3 is 0 Å². The summed E-state index contributed by atoms with van der Waals surface area (Å²) in [5.41, 5.74) is 7.03. The molecule has 1 heterocycles. The molecule has 4 nitrogen and oxygen atoms in total. The lowest BCUT2D eigenvalue weighted by atomic mass is 10.2. The first-order valence-electron chi connectivity index (χ1n) is 7.38. The van der Waals surface area contributed by atoms with Crippen LogP contribution in [0, 0.1) is 0 Å². The number of benzene rings is 1. The Kier molecular flexibility index (Phi) is 4.02. The van der Waals surface area contributed by atoms with Crippen LogP contribution in [-0.2, 0) is 13.1 Å². The third-order valence-electron chi connectivity index (χ3n) is 3.79. The van der Waals surface area contributed by atoms with Crippen molar-refractivity contribution in [3.63, 3.8) is 0 Å². The van der Waals surface area contributed by atoms with E-state index in [9.17, 15) is 0 Å². The van der Waals surface area contributed by atoms with E-state index in [0.717, 1.165) is 32.1 Å². The molecule has 1 aliphatic rings. The summed E-state index contributed by atoms with van der Waals surface area (Å²) < 4.78 is 1.93. The van der Waals surface area contributed by atoms with Crippen LogP contribution in [0.1, 0.15) is 24.8 Å². The number of nitrogens with zero attached hydrogens (tertiary/aromatic N) is 3. The highest BCUT2D eigenvalue weighted by molar-refractivity contribution is 5.23. The number of rotatable bonds is 7. The lowest BCUT2D eigenvalue weighted by Crippen LogP contribution is -2.27. The first-order chi connectivity index (χ1) is 9.81. The summed E-state index contributed by atoms with van der Waals surface area (Å²) in [6.45, 7) is 3.13. The molecular weight excluding hydrogens is 248 g/mol. The maximum absolute atomic E-state index is 5.63. The molecule has 20 heavy (non-hydrogen) atoms. The van der Waals surface area contributed by atoms with Gasteiger partial charge in [-0.2, -0.15) is 5.10 Å². The third kappa shape index (κ3) is 3.61. The number of aryl methyl sites for hydroxylation is 1. The van der Waals surface area contributed by atoms with E-state index in [0.29, 0.717) is 5.82 Å². The number of hydrogen-bond acceptors (Lipinski definition) is 3. The fraction of sp³-hybridized carbons (Fsp3) is 0.438. The van der Waals surface area contributed by atoms with Crippen molar-refractivity contribution in [3.8, 4) is 0 Å². The normalized spacial score (nSPS) is 14.8. The molecule has 1 fully saturated rings. The van der Waals surface area contributed by atoms with Gasteiger partial charge in [0.1, 0.15) is 5.82 Å². The maximum Gasteiger partial charge on any atom is 0.145 e. The molecular formula is C16H22N4. The fourth-order valence-corrected chi connectivity index (χ4v) is 2.59. The predicted molar refractivity (Wildman–Crippen MR) is 81.1 cm³/mol. The number of aromatic nitrogens is 2. The maximum atomic E-state index is 5.63. The topological polar surface area (TPSA) is 47.1 Å². The van der Waals surface area contributed by atoms with E-state index in [1.165, 1.54) is 18.4 Å². The van der Waals surface area contributed by atoms with Gasteiger partial charge < -0.3 is 5.73 Å². The van der Waals surface area contributed by atoms with Gasteiger partial charge in [-0.1, -0.05) is 30.3 Å². The predicted octanol–water partition coefficient (Wildman–Crippen LogP) is 2.52. The van der Waals surface area contributed by atoms with Gasteiger partial charge in [-0.25, -0.2) is 0 Å². The summed E-state index contributed by atoms with van der Waals surface area (Å²) in [6.07, 6.45) is 5.77. The summed E-state index contributed by atoms with van der Waals surface area (Å²) in [5, 5.41) is 4.23. The first-order valence-corrected chi connectivity index (χ1v) is 7.38. The second-order valence-corrected chi connectivity index (χ2v) is 5.54. The average Bonchev–Trinajstić information content (AvgIpc) is 3.22. The number of hydrogen-bond donors (Lipinski definition) is 1. The van der Waals surface area contributed by atoms with Gasteiger partial charge in [0, 0.05) is 31.9 Å². The van der Waals surface area contributed by atoms with Crippen LogP contribution < -0.4 is 5.73 Å². The van der Waals surface area contributed by atoms with Crippen molar-refractivity contribution in [2.75, 3.05) is 12.3 Å². The van der Waals surface area contributed by atoms with Crippen molar-refractivity contribution < 1.29 is 0 Å². The lowest BCUT2D eigenvalue weighted by Gasteiger charge is -2.22. The average molecular weight is 270 g/mol. The molecule has 0 atom stereocenters. The van der Waals surface area contributed by atoms with E-state index in [1.54, 1.807) is 0 Å². The van der Waals surface area contributed by atoms with E-state index in [-0.39, 0.29) is 0 Å². The molecule has 2 aromatic rings. The van der Waals surface area contributed by atoms with E-state index in [2.05, 4.69) is 40.3 Å². The van der Waals surface area contributed by atoms with Crippen molar-refractivity contribution >= 4 is 5.82 Å². The zero-order chi connectivity index (χ0) is 13.8. The molecule has 0 amide bonds. The largest absolute Gasteiger partial charge is 0.382 e. The summed E-state index contributed by atoms with van der Waals surface area (Å²) in [4.78, 5) is 2.60. The van der Waals surface area contributed by atoms with Gasteiger partial charge in [0.25, 0.3) is 0 Å². The molecule has 0 radical (unpaired) electrons. The Hall–Kier alpha value is -1.81. The number of anilines is 1. The van der Waals surface area contributed by atoms with E-state index in [1.807, 2.05) is 16.9 Å². The number of nitrogen functional groups attached to an aromatic ring is 1. The lowest BCUT2D eigenvalue weighted by molar-refractivity contribution is 0.245. The molecule has 1 aromatic heterocycles. The fourth-order valence-electron chi connectivity index (χ4n) is 2.59. The SMILES string of the molecule is Nc1ccn(CCCN(Cc2ccccc2)C2CC2)n1. The van der Waals surface area contributed by atoms with Crippen LogP contribution in [0.3, 0.4) is 0 Å². The van der Waals surface area contributed by atoms with Crippen LogP contribution in [-0.4, -0.2) is 27.3 Å². The number of nitrogens with two attached hydrogens (primary N) is 1. The molecule has 1 aliphatic carbocycles. The zero-order valence-electron chi connectivity index (χ0n) is 11.8. The molecule has 1 saturated carbocycles. The molecule has 0 spiro atoms. The Morgan fingerprint density at radius 2 is 2.00 bits per heavy atom. The van der Waals surface area contributed by atoms with Gasteiger partial charge in [0.05, 0.1) is 0 Å².